The monoisotopic (exact) mass is 407 g/mol. The van der Waals surface area contributed by atoms with Crippen LogP contribution in [0.4, 0.5) is 0 Å². The summed E-state index contributed by atoms with van der Waals surface area (Å²) in [7, 11) is -7.13. The summed E-state index contributed by atoms with van der Waals surface area (Å²) in [5.41, 5.74) is 0.538. The number of aromatic nitrogens is 2. The van der Waals surface area contributed by atoms with Crippen LogP contribution in [0.25, 0.3) is 0 Å². The molecule has 0 saturated heterocycles. The first-order valence-corrected chi connectivity index (χ1v) is 11.2. The van der Waals surface area contributed by atoms with Crippen molar-refractivity contribution in [2.45, 2.75) is 30.7 Å². The zero-order valence-corrected chi connectivity index (χ0v) is 15.9. The quantitative estimate of drug-likeness (QED) is 0.669. The molecule has 0 bridgehead atoms. The van der Waals surface area contributed by atoms with Crippen LogP contribution in [-0.4, -0.2) is 39.3 Å². The average molecular weight is 408 g/mol. The van der Waals surface area contributed by atoms with E-state index >= 15 is 0 Å². The second-order valence-electron chi connectivity index (χ2n) is 5.31. The van der Waals surface area contributed by atoms with Crippen molar-refractivity contribution in [2.24, 2.45) is 0 Å². The predicted octanol–water partition coefficient (Wildman–Crippen LogP) is 1.57. The molecule has 1 N–H and O–H groups in total. The fourth-order valence-corrected chi connectivity index (χ4v) is 4.35. The van der Waals surface area contributed by atoms with Crippen molar-refractivity contribution in [3.63, 3.8) is 0 Å². The van der Waals surface area contributed by atoms with E-state index in [2.05, 4.69) is 14.9 Å². The maximum atomic E-state index is 12.3. The minimum absolute atomic E-state index is 0.0254. The van der Waals surface area contributed by atoms with Crippen LogP contribution in [0.1, 0.15) is 24.8 Å². The molecule has 0 spiro atoms. The van der Waals surface area contributed by atoms with Crippen LogP contribution in [-0.2, 0) is 32.0 Å². The van der Waals surface area contributed by atoms with E-state index in [1.807, 2.05) is 0 Å². The average Bonchev–Trinajstić information content (AvgIpc) is 2.99. The molecular weight excluding hydrogens is 390 g/mol. The first-order valence-electron chi connectivity index (χ1n) is 7.49. The number of hydrogen-bond acceptors (Lipinski definition) is 7. The summed E-state index contributed by atoms with van der Waals surface area (Å²) in [5.74, 6) is -0.221. The van der Waals surface area contributed by atoms with Gasteiger partial charge in [-0.25, -0.2) is 21.6 Å². The normalized spacial score (nSPS) is 12.4. The highest BCUT2D eigenvalue weighted by Crippen LogP contribution is 2.17. The van der Waals surface area contributed by atoms with E-state index in [1.54, 1.807) is 31.2 Å². The molecule has 0 aliphatic rings. The van der Waals surface area contributed by atoms with E-state index in [4.69, 9.17) is 16.0 Å². The summed E-state index contributed by atoms with van der Waals surface area (Å²) < 4.78 is 55.1. The van der Waals surface area contributed by atoms with Crippen molar-refractivity contribution in [3.05, 3.63) is 40.7 Å². The van der Waals surface area contributed by atoms with E-state index in [0.717, 1.165) is 0 Å². The molecular formula is C14H18ClN3O5S2. The van der Waals surface area contributed by atoms with Gasteiger partial charge in [-0.15, -0.1) is 5.10 Å². The highest BCUT2D eigenvalue weighted by atomic mass is 35.5. The van der Waals surface area contributed by atoms with Gasteiger partial charge in [-0.05, 0) is 24.1 Å². The Hall–Kier alpha value is -1.49. The van der Waals surface area contributed by atoms with Crippen LogP contribution in [0.5, 0.6) is 0 Å². The Bertz CT molecular complexity index is 908. The molecule has 0 atom stereocenters. The smallest absolute Gasteiger partial charge is 0.335 e. The molecule has 1 aromatic heterocycles. The molecule has 0 fully saturated rings. The molecule has 0 amide bonds. The van der Waals surface area contributed by atoms with Gasteiger partial charge in [0, 0.05) is 18.0 Å². The van der Waals surface area contributed by atoms with Crippen LogP contribution in [0, 0.1) is 0 Å². The molecule has 2 rings (SSSR count). The molecule has 1 heterocycles. The number of sulfone groups is 1. The van der Waals surface area contributed by atoms with Gasteiger partial charge in [0.05, 0.1) is 11.5 Å². The third kappa shape index (κ3) is 6.07. The first-order chi connectivity index (χ1) is 11.7. The Labute approximate surface area is 151 Å². The van der Waals surface area contributed by atoms with Crippen molar-refractivity contribution in [2.75, 3.05) is 12.3 Å². The fourth-order valence-electron chi connectivity index (χ4n) is 1.98. The molecule has 11 heteroatoms. The van der Waals surface area contributed by atoms with Crippen molar-refractivity contribution < 1.29 is 21.3 Å². The van der Waals surface area contributed by atoms with Crippen LogP contribution in [0.3, 0.4) is 0 Å². The Morgan fingerprint density at radius 2 is 1.80 bits per heavy atom. The van der Waals surface area contributed by atoms with Gasteiger partial charge >= 0.3 is 5.22 Å². The third-order valence-corrected chi connectivity index (χ3v) is 6.37. The SMILES string of the molecule is CCCS(=O)(=O)NCCc1nnc(S(=O)(=O)Cc2ccc(Cl)cc2)o1. The Morgan fingerprint density at radius 3 is 2.44 bits per heavy atom. The van der Waals surface area contributed by atoms with Gasteiger partial charge in [0.1, 0.15) is 0 Å². The van der Waals surface area contributed by atoms with E-state index in [9.17, 15) is 16.8 Å². The predicted molar refractivity (Wildman–Crippen MR) is 92.4 cm³/mol. The van der Waals surface area contributed by atoms with E-state index < -0.39 is 25.1 Å². The first kappa shape index (κ1) is 19.8. The van der Waals surface area contributed by atoms with Gasteiger partial charge in [0.15, 0.2) is 0 Å². The number of nitrogens with zero attached hydrogens (tertiary/aromatic N) is 2. The molecule has 0 unspecified atom stereocenters. The highest BCUT2D eigenvalue weighted by Gasteiger charge is 2.23. The van der Waals surface area contributed by atoms with Gasteiger partial charge in [-0.1, -0.05) is 35.8 Å². The Morgan fingerprint density at radius 1 is 1.12 bits per heavy atom. The molecule has 25 heavy (non-hydrogen) atoms. The molecule has 0 radical (unpaired) electrons. The molecule has 2 aromatic rings. The summed E-state index contributed by atoms with van der Waals surface area (Å²) in [6, 6.07) is 6.38. The lowest BCUT2D eigenvalue weighted by Gasteiger charge is -2.03. The number of rotatable bonds is 9. The number of nitrogens with one attached hydrogen (secondary N) is 1. The van der Waals surface area contributed by atoms with E-state index in [-0.39, 0.29) is 30.4 Å². The lowest BCUT2D eigenvalue weighted by Crippen LogP contribution is -2.28. The standard InChI is InChI=1S/C14H18ClN3O5S2/c1-2-9-25(21,22)16-8-7-13-17-18-14(23-13)24(19,20)10-11-3-5-12(15)6-4-11/h3-6,16H,2,7-10H2,1H3. The Kier molecular flexibility index (Phi) is 6.55. The van der Waals surface area contributed by atoms with Crippen molar-refractivity contribution in [1.29, 1.82) is 0 Å². The van der Waals surface area contributed by atoms with Crippen LogP contribution in [0.15, 0.2) is 33.9 Å². The topological polar surface area (TPSA) is 119 Å². The van der Waals surface area contributed by atoms with Gasteiger partial charge in [0.25, 0.3) is 0 Å². The molecule has 1 aromatic carbocycles. The second-order valence-corrected chi connectivity index (χ2v) is 9.54. The van der Waals surface area contributed by atoms with Crippen LogP contribution >= 0.6 is 11.6 Å². The van der Waals surface area contributed by atoms with Crippen LogP contribution < -0.4 is 4.72 Å². The molecule has 0 aliphatic carbocycles. The number of hydrogen-bond donors (Lipinski definition) is 1. The summed E-state index contributed by atoms with van der Waals surface area (Å²) in [4.78, 5) is 0. The maximum Gasteiger partial charge on any atom is 0.335 e. The molecule has 138 valence electrons. The maximum absolute atomic E-state index is 12.3. The number of benzene rings is 1. The van der Waals surface area contributed by atoms with Crippen molar-refractivity contribution in [3.8, 4) is 0 Å². The van der Waals surface area contributed by atoms with E-state index in [0.29, 0.717) is 17.0 Å². The molecule has 0 saturated carbocycles. The highest BCUT2D eigenvalue weighted by molar-refractivity contribution is 7.90. The minimum atomic E-state index is -3.79. The zero-order chi connectivity index (χ0) is 18.5. The Balaban J connectivity index is 1.98. The second kappa shape index (κ2) is 8.26. The largest absolute Gasteiger partial charge is 0.412 e. The molecule has 0 aliphatic heterocycles. The van der Waals surface area contributed by atoms with Gasteiger partial charge < -0.3 is 4.42 Å². The minimum Gasteiger partial charge on any atom is -0.412 e. The van der Waals surface area contributed by atoms with Gasteiger partial charge in [0.2, 0.25) is 25.8 Å². The van der Waals surface area contributed by atoms with Gasteiger partial charge in [-0.3, -0.25) is 0 Å². The van der Waals surface area contributed by atoms with Crippen LogP contribution in [0.2, 0.25) is 5.02 Å². The summed E-state index contributed by atoms with van der Waals surface area (Å²) >= 11 is 5.76. The molecule has 8 nitrogen and oxygen atoms in total. The summed E-state index contributed by atoms with van der Waals surface area (Å²) in [5, 5.41) is 7.21. The summed E-state index contributed by atoms with van der Waals surface area (Å²) in [6.45, 7) is 1.82. The number of halogens is 1. The zero-order valence-electron chi connectivity index (χ0n) is 13.5. The third-order valence-electron chi connectivity index (χ3n) is 3.12. The van der Waals surface area contributed by atoms with E-state index in [1.165, 1.54) is 0 Å². The van der Waals surface area contributed by atoms with Gasteiger partial charge in [-0.2, -0.15) is 0 Å². The van der Waals surface area contributed by atoms with Crippen molar-refractivity contribution in [1.82, 2.24) is 14.9 Å². The fraction of sp³-hybridized carbons (Fsp3) is 0.429. The summed E-state index contributed by atoms with van der Waals surface area (Å²) in [6.07, 6.45) is 0.607. The lowest BCUT2D eigenvalue weighted by molar-refractivity contribution is 0.395. The number of sulfonamides is 1. The lowest BCUT2D eigenvalue weighted by atomic mass is 10.2. The van der Waals surface area contributed by atoms with Crippen molar-refractivity contribution >= 4 is 31.5 Å².